The molecule has 0 bridgehead atoms. The van der Waals surface area contributed by atoms with E-state index in [1.54, 1.807) is 0 Å². The average molecular weight is 448 g/mol. The zero-order valence-electron chi connectivity index (χ0n) is 15.6. The maximum atomic E-state index is 13.9. The van der Waals surface area contributed by atoms with Gasteiger partial charge in [-0.1, -0.05) is 0 Å². The maximum Gasteiger partial charge on any atom is 0.392 e. The Labute approximate surface area is 162 Å². The molecule has 1 aromatic rings. The van der Waals surface area contributed by atoms with Gasteiger partial charge in [0.15, 0.2) is 0 Å². The summed E-state index contributed by atoms with van der Waals surface area (Å²) in [7, 11) is -3.87. The van der Waals surface area contributed by atoms with Crippen LogP contribution in [-0.4, -0.2) is 37.7 Å². The second-order valence-corrected chi connectivity index (χ2v) is 7.32. The van der Waals surface area contributed by atoms with Crippen LogP contribution in [0.25, 0.3) is 0 Å². The second kappa shape index (κ2) is 9.99. The van der Waals surface area contributed by atoms with Gasteiger partial charge in [-0.25, -0.2) is 27.9 Å². The fourth-order valence-corrected chi connectivity index (χ4v) is 3.77. The standard InChI is InChI=1S/C15H18F5N2O6P/c1-5-27-15(24)7(3)22-29(25,21-6(2)14(23)26-4)28-13-11(19)9(17)8(16)10(18)12(13)20/h6-7H,5H2,1-4H3,(H2,21,22,25)/t6-,7-,29?/m0/s1. The molecule has 0 aromatic heterocycles. The van der Waals surface area contributed by atoms with E-state index in [0.717, 1.165) is 21.0 Å². The molecule has 0 aliphatic carbocycles. The van der Waals surface area contributed by atoms with Crippen molar-refractivity contribution >= 4 is 19.6 Å². The van der Waals surface area contributed by atoms with Crippen LogP contribution in [0.15, 0.2) is 0 Å². The Morgan fingerprint density at radius 2 is 1.31 bits per heavy atom. The third-order valence-electron chi connectivity index (χ3n) is 3.31. The normalized spacial score (nSPS) is 15.2. The topological polar surface area (TPSA) is 103 Å². The summed E-state index contributed by atoms with van der Waals surface area (Å²) in [5.74, 6) is -15.8. The van der Waals surface area contributed by atoms with E-state index in [1.807, 2.05) is 10.2 Å². The summed E-state index contributed by atoms with van der Waals surface area (Å²) in [6.07, 6.45) is 0. The molecule has 0 aliphatic rings. The fraction of sp³-hybridized carbons (Fsp3) is 0.467. The minimum Gasteiger partial charge on any atom is -0.468 e. The molecule has 0 spiro atoms. The number of ether oxygens (including phenoxy) is 2. The predicted octanol–water partition coefficient (Wildman–Crippen LogP) is 2.56. The van der Waals surface area contributed by atoms with E-state index in [2.05, 4.69) is 14.0 Å². The van der Waals surface area contributed by atoms with Crippen molar-refractivity contribution in [1.29, 1.82) is 0 Å². The van der Waals surface area contributed by atoms with Crippen LogP contribution < -0.4 is 14.7 Å². The first-order chi connectivity index (χ1) is 13.4. The highest BCUT2D eigenvalue weighted by Crippen LogP contribution is 2.43. The highest BCUT2D eigenvalue weighted by Gasteiger charge is 2.38. The lowest BCUT2D eigenvalue weighted by Gasteiger charge is -2.26. The largest absolute Gasteiger partial charge is 0.468 e. The van der Waals surface area contributed by atoms with E-state index in [4.69, 9.17) is 0 Å². The number of halogens is 5. The van der Waals surface area contributed by atoms with Crippen molar-refractivity contribution in [1.82, 2.24) is 10.2 Å². The molecule has 164 valence electrons. The molecule has 0 saturated carbocycles. The number of esters is 2. The monoisotopic (exact) mass is 448 g/mol. The van der Waals surface area contributed by atoms with E-state index in [-0.39, 0.29) is 6.61 Å². The minimum atomic E-state index is -4.84. The molecule has 1 aromatic carbocycles. The molecule has 0 amide bonds. The lowest BCUT2D eigenvalue weighted by molar-refractivity contribution is -0.144. The van der Waals surface area contributed by atoms with Crippen molar-refractivity contribution in [3.63, 3.8) is 0 Å². The Hall–Kier alpha value is -2.24. The summed E-state index contributed by atoms with van der Waals surface area (Å²) >= 11 is 0. The lowest BCUT2D eigenvalue weighted by Crippen LogP contribution is -2.43. The summed E-state index contributed by atoms with van der Waals surface area (Å²) in [5, 5.41) is 4.01. The van der Waals surface area contributed by atoms with E-state index >= 15 is 0 Å². The van der Waals surface area contributed by atoms with Crippen molar-refractivity contribution in [2.45, 2.75) is 32.9 Å². The zero-order chi connectivity index (χ0) is 22.5. The summed E-state index contributed by atoms with van der Waals surface area (Å²) in [6.45, 7) is 3.63. The summed E-state index contributed by atoms with van der Waals surface area (Å²) in [6, 6.07) is -2.87. The molecule has 0 aliphatic heterocycles. The number of methoxy groups -OCH3 is 1. The molecule has 0 fully saturated rings. The molecule has 1 rings (SSSR count). The van der Waals surface area contributed by atoms with Crippen molar-refractivity contribution in [2.24, 2.45) is 0 Å². The van der Waals surface area contributed by atoms with Gasteiger partial charge in [0.2, 0.25) is 34.8 Å². The van der Waals surface area contributed by atoms with Gasteiger partial charge in [-0.3, -0.25) is 9.59 Å². The third kappa shape index (κ3) is 5.87. The van der Waals surface area contributed by atoms with Gasteiger partial charge in [-0.05, 0) is 20.8 Å². The van der Waals surface area contributed by atoms with Crippen molar-refractivity contribution in [3.8, 4) is 5.75 Å². The smallest absolute Gasteiger partial charge is 0.392 e. The average Bonchev–Trinajstić information content (AvgIpc) is 2.67. The third-order valence-corrected chi connectivity index (χ3v) is 5.21. The summed E-state index contributed by atoms with van der Waals surface area (Å²) < 4.78 is 94.4. The van der Waals surface area contributed by atoms with Gasteiger partial charge in [0.1, 0.15) is 12.1 Å². The van der Waals surface area contributed by atoms with Crippen molar-refractivity contribution in [2.75, 3.05) is 13.7 Å². The first kappa shape index (κ1) is 24.8. The Balaban J connectivity index is 3.37. The SMILES string of the molecule is CCOC(=O)[C@H](C)NP(=O)(N[C@@H](C)C(=O)OC)Oc1c(F)c(F)c(F)c(F)c1F. The molecular formula is C15H18F5N2O6P. The van der Waals surface area contributed by atoms with Crippen molar-refractivity contribution < 1.29 is 50.1 Å². The molecule has 8 nitrogen and oxygen atoms in total. The highest BCUT2D eigenvalue weighted by atomic mass is 31.2. The van der Waals surface area contributed by atoms with Gasteiger partial charge in [-0.2, -0.15) is 8.78 Å². The van der Waals surface area contributed by atoms with Gasteiger partial charge in [-0.15, -0.1) is 0 Å². The van der Waals surface area contributed by atoms with Crippen LogP contribution in [0, 0.1) is 29.1 Å². The molecule has 14 heteroatoms. The zero-order valence-corrected chi connectivity index (χ0v) is 16.5. The summed E-state index contributed by atoms with van der Waals surface area (Å²) in [5.41, 5.74) is 0. The summed E-state index contributed by atoms with van der Waals surface area (Å²) in [4.78, 5) is 23.3. The van der Waals surface area contributed by atoms with Crippen LogP contribution in [-0.2, 0) is 23.6 Å². The van der Waals surface area contributed by atoms with E-state index < -0.39 is 66.5 Å². The second-order valence-electron chi connectivity index (χ2n) is 5.52. The first-order valence-corrected chi connectivity index (χ1v) is 9.62. The number of nitrogens with one attached hydrogen (secondary N) is 2. The van der Waals surface area contributed by atoms with Crippen molar-refractivity contribution in [3.05, 3.63) is 29.1 Å². The van der Waals surface area contributed by atoms with Crippen LogP contribution in [0.1, 0.15) is 20.8 Å². The molecule has 0 radical (unpaired) electrons. The fourth-order valence-electron chi connectivity index (χ4n) is 1.94. The van der Waals surface area contributed by atoms with Crippen LogP contribution in [0.5, 0.6) is 5.75 Å². The minimum absolute atomic E-state index is 0.0698. The Kier molecular flexibility index (Phi) is 8.54. The van der Waals surface area contributed by atoms with E-state index in [1.165, 1.54) is 6.92 Å². The Morgan fingerprint density at radius 3 is 1.72 bits per heavy atom. The van der Waals surface area contributed by atoms with E-state index in [9.17, 15) is 36.1 Å². The quantitative estimate of drug-likeness (QED) is 0.195. The maximum absolute atomic E-state index is 13.9. The molecule has 3 atom stereocenters. The molecule has 1 unspecified atom stereocenters. The van der Waals surface area contributed by atoms with Gasteiger partial charge < -0.3 is 14.0 Å². The van der Waals surface area contributed by atoms with Crippen LogP contribution in [0.3, 0.4) is 0 Å². The number of carbonyl (C=O) groups excluding carboxylic acids is 2. The van der Waals surface area contributed by atoms with Crippen LogP contribution in [0.4, 0.5) is 22.0 Å². The highest BCUT2D eigenvalue weighted by molar-refractivity contribution is 7.55. The van der Waals surface area contributed by atoms with Crippen LogP contribution in [0.2, 0.25) is 0 Å². The van der Waals surface area contributed by atoms with Gasteiger partial charge in [0.05, 0.1) is 13.7 Å². The molecule has 0 saturated heterocycles. The van der Waals surface area contributed by atoms with E-state index in [0.29, 0.717) is 0 Å². The van der Waals surface area contributed by atoms with Crippen LogP contribution >= 0.6 is 7.67 Å². The van der Waals surface area contributed by atoms with Gasteiger partial charge >= 0.3 is 19.6 Å². The number of benzene rings is 1. The predicted molar refractivity (Wildman–Crippen MR) is 88.3 cm³/mol. The number of hydrogen-bond acceptors (Lipinski definition) is 6. The number of rotatable bonds is 9. The Bertz CT molecular complexity index is 811. The number of carbonyl (C=O) groups is 2. The molecular weight excluding hydrogens is 430 g/mol. The molecule has 29 heavy (non-hydrogen) atoms. The number of hydrogen-bond donors (Lipinski definition) is 2. The molecule has 2 N–H and O–H groups in total. The van der Waals surface area contributed by atoms with Gasteiger partial charge in [0, 0.05) is 0 Å². The Morgan fingerprint density at radius 1 is 0.897 bits per heavy atom. The molecule has 0 heterocycles. The first-order valence-electron chi connectivity index (χ1n) is 7.99. The lowest BCUT2D eigenvalue weighted by atomic mass is 10.3. The van der Waals surface area contributed by atoms with Gasteiger partial charge in [0.25, 0.3) is 0 Å².